The molecule has 0 saturated heterocycles. The molecule has 4 nitrogen and oxygen atoms in total. The van der Waals surface area contributed by atoms with E-state index in [0.29, 0.717) is 12.2 Å². The Hall–Kier alpha value is -1.85. The standard InChI is InChI=1S/C16H20N2O2S/c1-13(15-7-3-2-4-8-15)12-21(19,20)18-16-9-5-6-14(10-16)11-17/h2-10,13,18H,11-12,17H2,1H3. The summed E-state index contributed by atoms with van der Waals surface area (Å²) in [5.74, 6) is -0.0227. The molecule has 0 bridgehead atoms. The largest absolute Gasteiger partial charge is 0.326 e. The van der Waals surface area contributed by atoms with Gasteiger partial charge in [-0.05, 0) is 29.2 Å². The molecule has 112 valence electrons. The van der Waals surface area contributed by atoms with E-state index in [0.717, 1.165) is 11.1 Å². The van der Waals surface area contributed by atoms with Gasteiger partial charge in [0, 0.05) is 12.2 Å². The smallest absolute Gasteiger partial charge is 0.233 e. The Balaban J connectivity index is 2.08. The lowest BCUT2D eigenvalue weighted by Crippen LogP contribution is -2.20. The van der Waals surface area contributed by atoms with Crippen LogP contribution >= 0.6 is 0 Å². The van der Waals surface area contributed by atoms with E-state index in [1.165, 1.54) is 0 Å². The molecular weight excluding hydrogens is 284 g/mol. The number of hydrogen-bond donors (Lipinski definition) is 2. The van der Waals surface area contributed by atoms with Gasteiger partial charge in [0.05, 0.1) is 5.75 Å². The summed E-state index contributed by atoms with van der Waals surface area (Å²) in [6.07, 6.45) is 0. The van der Waals surface area contributed by atoms with Crippen molar-refractivity contribution >= 4 is 15.7 Å². The summed E-state index contributed by atoms with van der Waals surface area (Å²) in [6.45, 7) is 2.29. The third-order valence-corrected chi connectivity index (χ3v) is 4.76. The molecule has 3 N–H and O–H groups in total. The van der Waals surface area contributed by atoms with Gasteiger partial charge in [-0.1, -0.05) is 49.4 Å². The Morgan fingerprint density at radius 1 is 1.10 bits per heavy atom. The molecule has 0 saturated carbocycles. The molecule has 2 aromatic rings. The molecule has 21 heavy (non-hydrogen) atoms. The zero-order valence-corrected chi connectivity index (χ0v) is 12.8. The van der Waals surface area contributed by atoms with Gasteiger partial charge >= 0.3 is 0 Å². The Kier molecular flexibility index (Phi) is 4.98. The van der Waals surface area contributed by atoms with Crippen molar-refractivity contribution in [1.29, 1.82) is 0 Å². The van der Waals surface area contributed by atoms with Crippen LogP contribution in [0.1, 0.15) is 24.0 Å². The summed E-state index contributed by atoms with van der Waals surface area (Å²) in [4.78, 5) is 0. The predicted molar refractivity (Wildman–Crippen MR) is 86.6 cm³/mol. The van der Waals surface area contributed by atoms with E-state index in [4.69, 9.17) is 5.73 Å². The van der Waals surface area contributed by atoms with Crippen molar-refractivity contribution in [3.8, 4) is 0 Å². The molecule has 0 aliphatic carbocycles. The number of sulfonamides is 1. The Bertz CT molecular complexity index is 684. The molecular formula is C16H20N2O2S. The van der Waals surface area contributed by atoms with Gasteiger partial charge in [0.15, 0.2) is 0 Å². The number of anilines is 1. The topological polar surface area (TPSA) is 72.2 Å². The zero-order valence-electron chi connectivity index (χ0n) is 12.0. The van der Waals surface area contributed by atoms with Crippen molar-refractivity contribution in [2.75, 3.05) is 10.5 Å². The first-order valence-electron chi connectivity index (χ1n) is 6.84. The summed E-state index contributed by atoms with van der Waals surface area (Å²) >= 11 is 0. The monoisotopic (exact) mass is 304 g/mol. The molecule has 0 heterocycles. The Morgan fingerprint density at radius 3 is 2.48 bits per heavy atom. The molecule has 0 fully saturated rings. The van der Waals surface area contributed by atoms with E-state index in [1.807, 2.05) is 43.3 Å². The molecule has 0 radical (unpaired) electrons. The van der Waals surface area contributed by atoms with Gasteiger partial charge in [0.1, 0.15) is 0 Å². The van der Waals surface area contributed by atoms with Gasteiger partial charge in [-0.25, -0.2) is 8.42 Å². The predicted octanol–water partition coefficient (Wildman–Crippen LogP) is 2.69. The van der Waals surface area contributed by atoms with Crippen LogP contribution in [0.5, 0.6) is 0 Å². The highest BCUT2D eigenvalue weighted by molar-refractivity contribution is 7.92. The molecule has 2 rings (SSSR count). The highest BCUT2D eigenvalue weighted by atomic mass is 32.2. The number of hydrogen-bond acceptors (Lipinski definition) is 3. The molecule has 2 aromatic carbocycles. The van der Waals surface area contributed by atoms with Crippen LogP contribution in [0.15, 0.2) is 54.6 Å². The van der Waals surface area contributed by atoms with E-state index in [2.05, 4.69) is 4.72 Å². The van der Waals surface area contributed by atoms with Crippen LogP contribution in [0.4, 0.5) is 5.69 Å². The van der Waals surface area contributed by atoms with Crippen LogP contribution < -0.4 is 10.5 Å². The number of nitrogens with two attached hydrogens (primary N) is 1. The number of benzene rings is 2. The number of nitrogens with one attached hydrogen (secondary N) is 1. The van der Waals surface area contributed by atoms with E-state index in [1.54, 1.807) is 18.2 Å². The van der Waals surface area contributed by atoms with E-state index < -0.39 is 10.0 Å². The fraction of sp³-hybridized carbons (Fsp3) is 0.250. The molecule has 1 unspecified atom stereocenters. The molecule has 0 amide bonds. The van der Waals surface area contributed by atoms with Gasteiger partial charge in [-0.15, -0.1) is 0 Å². The summed E-state index contributed by atoms with van der Waals surface area (Å²) in [7, 11) is -3.40. The van der Waals surface area contributed by atoms with E-state index >= 15 is 0 Å². The molecule has 0 spiro atoms. The SMILES string of the molecule is CC(CS(=O)(=O)Nc1cccc(CN)c1)c1ccccc1. The fourth-order valence-corrected chi connectivity index (χ4v) is 3.61. The van der Waals surface area contributed by atoms with Crippen LogP contribution in [-0.4, -0.2) is 14.2 Å². The fourth-order valence-electron chi connectivity index (χ4n) is 2.19. The zero-order chi connectivity index (χ0) is 15.3. The van der Waals surface area contributed by atoms with Crippen molar-refractivity contribution in [1.82, 2.24) is 0 Å². The van der Waals surface area contributed by atoms with E-state index in [-0.39, 0.29) is 11.7 Å². The Morgan fingerprint density at radius 2 is 1.81 bits per heavy atom. The third-order valence-electron chi connectivity index (χ3n) is 3.27. The maximum absolute atomic E-state index is 12.2. The molecule has 0 aliphatic heterocycles. The first kappa shape index (κ1) is 15.5. The summed E-state index contributed by atoms with van der Waals surface area (Å²) in [6, 6.07) is 16.8. The van der Waals surface area contributed by atoms with Crippen molar-refractivity contribution in [3.05, 3.63) is 65.7 Å². The molecule has 0 aromatic heterocycles. The van der Waals surface area contributed by atoms with Crippen LogP contribution in [-0.2, 0) is 16.6 Å². The van der Waals surface area contributed by atoms with Crippen molar-refractivity contribution in [2.24, 2.45) is 5.73 Å². The number of rotatable bonds is 6. The van der Waals surface area contributed by atoms with Gasteiger partial charge in [0.2, 0.25) is 10.0 Å². The summed E-state index contributed by atoms with van der Waals surface area (Å²) in [5, 5.41) is 0. The maximum Gasteiger partial charge on any atom is 0.233 e. The maximum atomic E-state index is 12.2. The summed E-state index contributed by atoms with van der Waals surface area (Å²) < 4.78 is 27.1. The van der Waals surface area contributed by atoms with Gasteiger partial charge in [0.25, 0.3) is 0 Å². The van der Waals surface area contributed by atoms with Crippen LogP contribution in [0.2, 0.25) is 0 Å². The van der Waals surface area contributed by atoms with Gasteiger partial charge in [-0.2, -0.15) is 0 Å². The highest BCUT2D eigenvalue weighted by Gasteiger charge is 2.17. The van der Waals surface area contributed by atoms with Crippen LogP contribution in [0.25, 0.3) is 0 Å². The minimum absolute atomic E-state index is 0.0455. The second-order valence-corrected chi connectivity index (χ2v) is 6.87. The molecule has 0 aliphatic rings. The second-order valence-electron chi connectivity index (χ2n) is 5.10. The lowest BCUT2D eigenvalue weighted by atomic mass is 10.0. The highest BCUT2D eigenvalue weighted by Crippen LogP contribution is 2.19. The first-order chi connectivity index (χ1) is 10.00. The quantitative estimate of drug-likeness (QED) is 0.862. The van der Waals surface area contributed by atoms with Crippen LogP contribution in [0, 0.1) is 0 Å². The minimum atomic E-state index is -3.40. The average molecular weight is 304 g/mol. The van der Waals surface area contributed by atoms with Crippen LogP contribution in [0.3, 0.4) is 0 Å². The first-order valence-corrected chi connectivity index (χ1v) is 8.50. The summed E-state index contributed by atoms with van der Waals surface area (Å²) in [5.41, 5.74) is 8.02. The van der Waals surface area contributed by atoms with E-state index in [9.17, 15) is 8.42 Å². The van der Waals surface area contributed by atoms with Gasteiger partial charge in [-0.3, -0.25) is 4.72 Å². The van der Waals surface area contributed by atoms with Gasteiger partial charge < -0.3 is 5.73 Å². The molecule has 5 heteroatoms. The lowest BCUT2D eigenvalue weighted by molar-refractivity contribution is 0.595. The van der Waals surface area contributed by atoms with Crippen molar-refractivity contribution in [2.45, 2.75) is 19.4 Å². The molecule has 1 atom stereocenters. The van der Waals surface area contributed by atoms with Crippen molar-refractivity contribution < 1.29 is 8.42 Å². The lowest BCUT2D eigenvalue weighted by Gasteiger charge is -2.14. The second kappa shape index (κ2) is 6.74. The Labute approximate surface area is 126 Å². The third kappa shape index (κ3) is 4.58. The average Bonchev–Trinajstić information content (AvgIpc) is 2.47. The minimum Gasteiger partial charge on any atom is -0.326 e. The van der Waals surface area contributed by atoms with Crippen molar-refractivity contribution in [3.63, 3.8) is 0 Å². The normalized spacial score (nSPS) is 12.9.